The van der Waals surface area contributed by atoms with Crippen LogP contribution in [-0.2, 0) is 33.3 Å². The zero-order valence-corrected chi connectivity index (χ0v) is 25.0. The molecule has 0 aromatic heterocycles. The van der Waals surface area contributed by atoms with Gasteiger partial charge in [-0.2, -0.15) is 5.26 Å². The fourth-order valence-corrected chi connectivity index (χ4v) is 6.67. The molecule has 41 heavy (non-hydrogen) atoms. The van der Waals surface area contributed by atoms with Crippen LogP contribution in [0.2, 0.25) is 0 Å². The largest absolute Gasteiger partial charge is 0.465 e. The summed E-state index contributed by atoms with van der Waals surface area (Å²) in [5, 5.41) is 12.3. The number of cyclic esters (lactones) is 1. The second-order valence-corrected chi connectivity index (χ2v) is 12.0. The number of nitrogens with one attached hydrogen (secondary N) is 1. The predicted octanol–water partition coefficient (Wildman–Crippen LogP) is 1.74. The van der Waals surface area contributed by atoms with Crippen molar-refractivity contribution in [3.63, 3.8) is 0 Å². The minimum atomic E-state index is -0.288. The van der Waals surface area contributed by atoms with E-state index in [0.717, 1.165) is 65.0 Å². The van der Waals surface area contributed by atoms with Crippen molar-refractivity contribution in [2.45, 2.75) is 88.2 Å². The smallest absolute Gasteiger partial charge is 0.310 e. The van der Waals surface area contributed by atoms with E-state index in [0.29, 0.717) is 51.9 Å². The molecule has 3 saturated heterocycles. The SMILES string of the molecule is COC1CC2CC(OCCCC(OC(=O)C3CCC(C#N)NC3)CCN3CCCN(CCCOC2=O)CC3)C1OC. The minimum absolute atomic E-state index is 0.170. The highest BCUT2D eigenvalue weighted by Gasteiger charge is 2.42. The maximum atomic E-state index is 13.1. The Morgan fingerprint density at radius 3 is 2.41 bits per heavy atom. The zero-order valence-electron chi connectivity index (χ0n) is 25.0. The van der Waals surface area contributed by atoms with Gasteiger partial charge in [-0.05, 0) is 70.9 Å². The standard InChI is InChI=1S/C30H50N4O7/c1-37-26-18-23-19-27(28(26)38-2)39-16-3-6-25(41-30(36)22-7-8-24(20-31)32-21-22)9-13-34-11-4-10-33(14-15-34)12-5-17-40-29(23)35/h22-28,32H,3-19,21H2,1-2H3. The number of methoxy groups -OCH3 is 2. The van der Waals surface area contributed by atoms with E-state index in [1.807, 2.05) is 0 Å². The Bertz CT molecular complexity index is 862. The number of hydrogen-bond donors (Lipinski definition) is 1. The van der Waals surface area contributed by atoms with Gasteiger partial charge in [0.15, 0.2) is 0 Å². The van der Waals surface area contributed by atoms with E-state index in [2.05, 4.69) is 21.2 Å². The molecule has 9 atom stereocenters. The van der Waals surface area contributed by atoms with Crippen LogP contribution in [0.1, 0.15) is 57.8 Å². The highest BCUT2D eigenvalue weighted by atomic mass is 16.6. The van der Waals surface area contributed by atoms with Gasteiger partial charge in [-0.3, -0.25) is 9.59 Å². The van der Waals surface area contributed by atoms with Gasteiger partial charge in [0.25, 0.3) is 0 Å². The lowest BCUT2D eigenvalue weighted by Crippen LogP contribution is -2.49. The number of ether oxygens (including phenoxy) is 5. The highest BCUT2D eigenvalue weighted by molar-refractivity contribution is 5.73. The third-order valence-electron chi connectivity index (χ3n) is 9.18. The number of esters is 2. The van der Waals surface area contributed by atoms with Crippen LogP contribution in [0.25, 0.3) is 0 Å². The van der Waals surface area contributed by atoms with E-state index in [-0.39, 0.29) is 54.2 Å². The van der Waals surface area contributed by atoms with E-state index >= 15 is 0 Å². The molecule has 11 nitrogen and oxygen atoms in total. The quantitative estimate of drug-likeness (QED) is 0.491. The molecule has 4 bridgehead atoms. The van der Waals surface area contributed by atoms with Crippen molar-refractivity contribution in [3.8, 4) is 6.07 Å². The van der Waals surface area contributed by atoms with Gasteiger partial charge >= 0.3 is 11.9 Å². The van der Waals surface area contributed by atoms with Crippen molar-refractivity contribution >= 4 is 11.9 Å². The summed E-state index contributed by atoms with van der Waals surface area (Å²) in [6, 6.07) is 2.05. The summed E-state index contributed by atoms with van der Waals surface area (Å²) >= 11 is 0. The minimum Gasteiger partial charge on any atom is -0.465 e. The van der Waals surface area contributed by atoms with Crippen LogP contribution in [0.3, 0.4) is 0 Å². The first-order valence-electron chi connectivity index (χ1n) is 15.6. The molecule has 1 N–H and O–H groups in total. The molecule has 0 spiro atoms. The first-order valence-corrected chi connectivity index (χ1v) is 15.6. The monoisotopic (exact) mass is 578 g/mol. The molecule has 4 aliphatic rings. The predicted molar refractivity (Wildman–Crippen MR) is 151 cm³/mol. The summed E-state index contributed by atoms with van der Waals surface area (Å²) in [5.41, 5.74) is 0. The van der Waals surface area contributed by atoms with Gasteiger partial charge in [0.05, 0.1) is 42.8 Å². The zero-order chi connectivity index (χ0) is 29.0. The molecule has 1 aliphatic carbocycles. The van der Waals surface area contributed by atoms with E-state index < -0.39 is 0 Å². The Kier molecular flexibility index (Phi) is 13.1. The van der Waals surface area contributed by atoms with Crippen molar-refractivity contribution in [1.29, 1.82) is 5.26 Å². The van der Waals surface area contributed by atoms with Crippen LogP contribution >= 0.6 is 0 Å². The number of carbonyl (C=O) groups is 2. The van der Waals surface area contributed by atoms with Gasteiger partial charge in [-0.25, -0.2) is 0 Å². The van der Waals surface area contributed by atoms with Gasteiger partial charge in [0, 0.05) is 53.6 Å². The van der Waals surface area contributed by atoms with Gasteiger partial charge in [0.1, 0.15) is 12.2 Å². The van der Waals surface area contributed by atoms with Gasteiger partial charge < -0.3 is 38.8 Å². The van der Waals surface area contributed by atoms with Gasteiger partial charge in [0.2, 0.25) is 0 Å². The Morgan fingerprint density at radius 1 is 0.927 bits per heavy atom. The van der Waals surface area contributed by atoms with Crippen LogP contribution in [0.5, 0.6) is 0 Å². The highest BCUT2D eigenvalue weighted by Crippen LogP contribution is 2.32. The second-order valence-electron chi connectivity index (χ2n) is 12.0. The van der Waals surface area contributed by atoms with Crippen LogP contribution in [-0.4, -0.2) is 125 Å². The summed E-state index contributed by atoms with van der Waals surface area (Å²) in [5.74, 6) is -0.854. The van der Waals surface area contributed by atoms with Crippen LogP contribution in [0.15, 0.2) is 0 Å². The Morgan fingerprint density at radius 2 is 1.71 bits per heavy atom. The second kappa shape index (κ2) is 16.7. The molecule has 0 aromatic carbocycles. The van der Waals surface area contributed by atoms with Gasteiger partial charge in [-0.15, -0.1) is 0 Å². The van der Waals surface area contributed by atoms with Gasteiger partial charge in [-0.1, -0.05) is 0 Å². The van der Waals surface area contributed by atoms with Crippen molar-refractivity contribution in [3.05, 3.63) is 0 Å². The molecule has 3 heterocycles. The van der Waals surface area contributed by atoms with E-state index in [1.54, 1.807) is 14.2 Å². The van der Waals surface area contributed by atoms with E-state index in [1.165, 1.54) is 0 Å². The third-order valence-corrected chi connectivity index (χ3v) is 9.18. The lowest BCUT2D eigenvalue weighted by Gasteiger charge is -2.39. The average Bonchev–Trinajstić information content (AvgIpc) is 3.24. The Balaban J connectivity index is 1.41. The van der Waals surface area contributed by atoms with Crippen molar-refractivity contribution < 1.29 is 33.3 Å². The number of rotatable bonds is 4. The van der Waals surface area contributed by atoms with Crippen LogP contribution in [0, 0.1) is 23.2 Å². The first-order chi connectivity index (χ1) is 20.0. The molecule has 9 unspecified atom stereocenters. The molecule has 4 rings (SSSR count). The Hall–Kier alpha value is -1.81. The molecule has 0 radical (unpaired) electrons. The maximum absolute atomic E-state index is 13.1. The maximum Gasteiger partial charge on any atom is 0.310 e. The number of carbonyl (C=O) groups excluding carboxylic acids is 2. The number of nitriles is 1. The number of nitrogens with zero attached hydrogens (tertiary/aromatic N) is 3. The number of hydrogen-bond acceptors (Lipinski definition) is 11. The molecule has 3 aliphatic heterocycles. The molecule has 0 aromatic rings. The summed E-state index contributed by atoms with van der Waals surface area (Å²) in [6.07, 6.45) is 5.57. The lowest BCUT2D eigenvalue weighted by atomic mass is 9.83. The van der Waals surface area contributed by atoms with E-state index in [9.17, 15) is 9.59 Å². The van der Waals surface area contributed by atoms with Crippen LogP contribution < -0.4 is 5.32 Å². The van der Waals surface area contributed by atoms with Crippen LogP contribution in [0.4, 0.5) is 0 Å². The molecular formula is C30H50N4O7. The molecule has 4 fully saturated rings. The summed E-state index contributed by atoms with van der Waals surface area (Å²) < 4.78 is 29.6. The van der Waals surface area contributed by atoms with E-state index in [4.69, 9.17) is 28.9 Å². The van der Waals surface area contributed by atoms with Crippen molar-refractivity contribution in [1.82, 2.24) is 15.1 Å². The topological polar surface area (TPSA) is 123 Å². The number of fused-ring (bicyclic) bond motifs is 5. The molecule has 11 heteroatoms. The first kappa shape index (κ1) is 32.1. The normalized spacial score (nSPS) is 38.3. The Labute approximate surface area is 245 Å². The molecule has 1 saturated carbocycles. The molecular weight excluding hydrogens is 528 g/mol. The third kappa shape index (κ3) is 9.60. The lowest BCUT2D eigenvalue weighted by molar-refractivity contribution is -0.172. The summed E-state index contributed by atoms with van der Waals surface area (Å²) in [4.78, 5) is 31.0. The fourth-order valence-electron chi connectivity index (χ4n) is 6.67. The summed E-state index contributed by atoms with van der Waals surface area (Å²) in [7, 11) is 3.30. The summed E-state index contributed by atoms with van der Waals surface area (Å²) in [6.45, 7) is 7.21. The molecule has 232 valence electrons. The molecule has 0 amide bonds. The van der Waals surface area contributed by atoms with Crippen molar-refractivity contribution in [2.75, 3.05) is 73.2 Å². The average molecular weight is 579 g/mol. The fraction of sp³-hybridized carbons (Fsp3) is 0.900. The number of piperidine rings is 1. The van der Waals surface area contributed by atoms with Crippen molar-refractivity contribution in [2.24, 2.45) is 11.8 Å².